The number of aromatic amines is 1. The van der Waals surface area contributed by atoms with Gasteiger partial charge in [-0.25, -0.2) is 5.10 Å². The number of rotatable bonds is 3. The van der Waals surface area contributed by atoms with Gasteiger partial charge in [-0.2, -0.15) is 0 Å². The summed E-state index contributed by atoms with van der Waals surface area (Å²) in [6, 6.07) is 1.18. The molecular weight excluding hydrogens is 246 g/mol. The summed E-state index contributed by atoms with van der Waals surface area (Å²) < 4.78 is 2.98. The lowest BCUT2D eigenvalue weighted by molar-refractivity contribution is 0.266. The van der Waals surface area contributed by atoms with Gasteiger partial charge >= 0.3 is 0 Å². The Balaban J connectivity index is 1.86. The monoisotopic (exact) mass is 267 g/mol. The van der Waals surface area contributed by atoms with Crippen molar-refractivity contribution in [2.45, 2.75) is 31.8 Å². The maximum atomic E-state index is 5.34. The number of hydrogen-bond acceptors (Lipinski definition) is 4. The third-order valence-electron chi connectivity index (χ3n) is 4.12. The van der Waals surface area contributed by atoms with Crippen molar-refractivity contribution in [1.29, 1.82) is 0 Å². The van der Waals surface area contributed by atoms with E-state index in [1.165, 1.54) is 12.8 Å². The first-order chi connectivity index (χ1) is 8.58. The smallest absolute Gasteiger partial charge is 0.226 e. The minimum Gasteiger partial charge on any atom is -0.339 e. The molecule has 1 N–H and O–H groups in total. The Bertz CT molecular complexity index is 487. The molecule has 1 aliphatic heterocycles. The minimum atomic E-state index is 0.583. The number of anilines is 1. The van der Waals surface area contributed by atoms with E-state index in [0.29, 0.717) is 18.0 Å². The van der Waals surface area contributed by atoms with Crippen molar-refractivity contribution in [3.63, 3.8) is 0 Å². The van der Waals surface area contributed by atoms with Crippen LogP contribution in [0.1, 0.15) is 25.8 Å². The molecule has 0 radical (unpaired) electrons. The molecule has 0 aromatic carbocycles. The molecule has 1 aliphatic carbocycles. The van der Waals surface area contributed by atoms with E-state index in [4.69, 9.17) is 12.2 Å². The van der Waals surface area contributed by atoms with Crippen molar-refractivity contribution in [2.75, 3.05) is 32.1 Å². The second-order valence-corrected chi connectivity index (χ2v) is 6.23. The number of likely N-dealkylation sites (N-methyl/N-ethyl adjacent to an activating group) is 1. The summed E-state index contributed by atoms with van der Waals surface area (Å²) in [5, 5.41) is 7.40. The molecule has 2 heterocycles. The van der Waals surface area contributed by atoms with E-state index in [9.17, 15) is 0 Å². The predicted octanol–water partition coefficient (Wildman–Crippen LogP) is 1.66. The van der Waals surface area contributed by atoms with Crippen LogP contribution in [-0.2, 0) is 0 Å². The van der Waals surface area contributed by atoms with Crippen molar-refractivity contribution >= 4 is 18.2 Å². The van der Waals surface area contributed by atoms with E-state index in [0.717, 1.165) is 23.8 Å². The Hall–Kier alpha value is -0.880. The van der Waals surface area contributed by atoms with E-state index in [1.54, 1.807) is 0 Å². The zero-order chi connectivity index (χ0) is 12.9. The van der Waals surface area contributed by atoms with Crippen molar-refractivity contribution in [2.24, 2.45) is 5.92 Å². The zero-order valence-corrected chi connectivity index (χ0v) is 12.1. The molecule has 18 heavy (non-hydrogen) atoms. The fourth-order valence-corrected chi connectivity index (χ4v) is 3.24. The van der Waals surface area contributed by atoms with Crippen LogP contribution in [0, 0.1) is 10.7 Å². The minimum absolute atomic E-state index is 0.583. The van der Waals surface area contributed by atoms with Crippen LogP contribution in [0.3, 0.4) is 0 Å². The summed E-state index contributed by atoms with van der Waals surface area (Å²) >= 11 is 5.34. The van der Waals surface area contributed by atoms with Crippen LogP contribution >= 0.6 is 12.2 Å². The van der Waals surface area contributed by atoms with Gasteiger partial charge in [0.25, 0.3) is 0 Å². The fraction of sp³-hybridized carbons (Fsp3) is 0.833. The normalized spacial score (nSPS) is 28.3. The molecule has 1 saturated carbocycles. The third kappa shape index (κ3) is 1.97. The van der Waals surface area contributed by atoms with E-state index < -0.39 is 0 Å². The molecule has 0 bridgehead atoms. The molecule has 2 aliphatic rings. The zero-order valence-electron chi connectivity index (χ0n) is 11.3. The number of hydrogen-bond donors (Lipinski definition) is 1. The van der Waals surface area contributed by atoms with Gasteiger partial charge in [-0.05, 0) is 45.1 Å². The Labute approximate surface area is 113 Å². The Morgan fingerprint density at radius 1 is 1.33 bits per heavy atom. The van der Waals surface area contributed by atoms with E-state index in [-0.39, 0.29) is 0 Å². The molecule has 1 aromatic heterocycles. The predicted molar refractivity (Wildman–Crippen MR) is 74.5 cm³/mol. The molecule has 2 fully saturated rings. The van der Waals surface area contributed by atoms with Crippen molar-refractivity contribution in [3.8, 4) is 0 Å². The molecule has 1 saturated heterocycles. The van der Waals surface area contributed by atoms with Crippen LogP contribution in [-0.4, -0.2) is 52.9 Å². The van der Waals surface area contributed by atoms with Gasteiger partial charge in [0.2, 0.25) is 5.95 Å². The van der Waals surface area contributed by atoms with Gasteiger partial charge in [0.1, 0.15) is 0 Å². The molecule has 3 rings (SSSR count). The fourth-order valence-electron chi connectivity index (χ4n) is 2.97. The van der Waals surface area contributed by atoms with Crippen LogP contribution in [0.2, 0.25) is 0 Å². The summed E-state index contributed by atoms with van der Waals surface area (Å²) in [4.78, 5) is 4.69. The van der Waals surface area contributed by atoms with Gasteiger partial charge in [-0.1, -0.05) is 6.92 Å². The summed E-state index contributed by atoms with van der Waals surface area (Å²) in [6.45, 7) is 4.42. The molecule has 2 unspecified atom stereocenters. The Kier molecular flexibility index (Phi) is 2.94. The highest BCUT2D eigenvalue weighted by Crippen LogP contribution is 2.38. The average molecular weight is 267 g/mol. The van der Waals surface area contributed by atoms with Crippen LogP contribution in [0.5, 0.6) is 0 Å². The molecule has 1 aromatic rings. The van der Waals surface area contributed by atoms with Crippen LogP contribution in [0.25, 0.3) is 0 Å². The van der Waals surface area contributed by atoms with Gasteiger partial charge in [0.15, 0.2) is 4.77 Å². The Morgan fingerprint density at radius 3 is 2.61 bits per heavy atom. The lowest BCUT2D eigenvalue weighted by atomic mass is 10.1. The quantitative estimate of drug-likeness (QED) is 0.846. The van der Waals surface area contributed by atoms with Gasteiger partial charge in [0.05, 0.1) is 0 Å². The van der Waals surface area contributed by atoms with Crippen molar-refractivity contribution in [3.05, 3.63) is 4.77 Å². The molecule has 2 atom stereocenters. The second-order valence-electron chi connectivity index (χ2n) is 5.84. The lowest BCUT2D eigenvalue weighted by Gasteiger charge is -2.22. The van der Waals surface area contributed by atoms with Gasteiger partial charge < -0.3 is 9.80 Å². The highest BCUT2D eigenvalue weighted by molar-refractivity contribution is 7.71. The maximum Gasteiger partial charge on any atom is 0.226 e. The summed E-state index contributed by atoms with van der Waals surface area (Å²) in [5.41, 5.74) is 0. The van der Waals surface area contributed by atoms with E-state index in [1.807, 2.05) is 0 Å². The molecule has 5 nitrogen and oxygen atoms in total. The number of aromatic nitrogens is 3. The first kappa shape index (κ1) is 12.2. The van der Waals surface area contributed by atoms with Gasteiger partial charge in [-0.3, -0.25) is 4.57 Å². The first-order valence-corrected chi connectivity index (χ1v) is 7.07. The highest BCUT2D eigenvalue weighted by Gasteiger charge is 2.36. The Morgan fingerprint density at radius 2 is 2.06 bits per heavy atom. The largest absolute Gasteiger partial charge is 0.339 e. The molecule has 0 spiro atoms. The topological polar surface area (TPSA) is 40.1 Å². The average Bonchev–Trinajstić information content (AvgIpc) is 2.96. The third-order valence-corrected chi connectivity index (χ3v) is 4.40. The highest BCUT2D eigenvalue weighted by atomic mass is 32.1. The standard InChI is InChI=1S/C12H21N5S/c1-8-6-16(7-10(8)15(2)3)11-13-14-12(18)17(11)9-4-5-9/h8-10H,4-7H2,1-3H3,(H,14,18). The van der Waals surface area contributed by atoms with Crippen LogP contribution in [0.4, 0.5) is 5.95 Å². The SMILES string of the molecule is CC1CN(c2n[nH]c(=S)n2C2CC2)CC1N(C)C. The summed E-state index contributed by atoms with van der Waals surface area (Å²) in [7, 11) is 4.31. The number of nitrogens with one attached hydrogen (secondary N) is 1. The molecule has 100 valence electrons. The van der Waals surface area contributed by atoms with E-state index in [2.05, 4.69) is 45.6 Å². The molecular formula is C12H21N5S. The van der Waals surface area contributed by atoms with Crippen molar-refractivity contribution < 1.29 is 0 Å². The number of nitrogens with zero attached hydrogens (tertiary/aromatic N) is 4. The number of H-pyrrole nitrogens is 1. The van der Waals surface area contributed by atoms with E-state index >= 15 is 0 Å². The molecule has 0 amide bonds. The van der Waals surface area contributed by atoms with Gasteiger partial charge in [0, 0.05) is 25.2 Å². The summed E-state index contributed by atoms with van der Waals surface area (Å²) in [6.07, 6.45) is 2.47. The first-order valence-electron chi connectivity index (χ1n) is 6.66. The van der Waals surface area contributed by atoms with Crippen LogP contribution in [0.15, 0.2) is 0 Å². The maximum absolute atomic E-state index is 5.34. The van der Waals surface area contributed by atoms with Crippen LogP contribution < -0.4 is 4.90 Å². The summed E-state index contributed by atoms with van der Waals surface area (Å²) in [5.74, 6) is 1.71. The lowest BCUT2D eigenvalue weighted by Crippen LogP contribution is -2.34. The second kappa shape index (κ2) is 4.35. The molecule has 6 heteroatoms. The van der Waals surface area contributed by atoms with Gasteiger partial charge in [-0.15, -0.1) is 5.10 Å². The van der Waals surface area contributed by atoms with Crippen molar-refractivity contribution in [1.82, 2.24) is 19.7 Å².